The summed E-state index contributed by atoms with van der Waals surface area (Å²) in [6.45, 7) is 0. The predicted octanol–water partition coefficient (Wildman–Crippen LogP) is 18.2. The molecule has 1 heterocycles. The van der Waals surface area contributed by atoms with E-state index in [4.69, 9.17) is 15.0 Å². The molecule has 0 N–H and O–H groups in total. The molecule has 4 nitrogen and oxygen atoms in total. The minimum absolute atomic E-state index is 0.162. The van der Waals surface area contributed by atoms with Crippen molar-refractivity contribution in [2.75, 3.05) is 0 Å². The molecular formula is C75H56N3OP. The van der Waals surface area contributed by atoms with Crippen LogP contribution in [0.2, 0.25) is 0 Å². The molecule has 12 aromatic carbocycles. The van der Waals surface area contributed by atoms with Crippen molar-refractivity contribution in [2.45, 2.75) is 37.5 Å². The lowest BCUT2D eigenvalue weighted by atomic mass is 9.65. The number of nitrogens with zero attached hydrogens (tertiary/aromatic N) is 3. The van der Waals surface area contributed by atoms with Crippen LogP contribution in [0.1, 0.15) is 43.2 Å². The fourth-order valence-corrected chi connectivity index (χ4v) is 15.7. The van der Waals surface area contributed by atoms with Gasteiger partial charge in [-0.1, -0.05) is 286 Å². The van der Waals surface area contributed by atoms with Crippen LogP contribution in [0.25, 0.3) is 99.9 Å². The first kappa shape index (κ1) is 49.0. The van der Waals surface area contributed by atoms with Gasteiger partial charge in [0.05, 0.1) is 0 Å². The number of hydrogen-bond acceptors (Lipinski definition) is 4. The van der Waals surface area contributed by atoms with Gasteiger partial charge in [0.2, 0.25) is 0 Å². The molecule has 1 aromatic heterocycles. The van der Waals surface area contributed by atoms with Crippen LogP contribution in [-0.2, 0) is 9.98 Å². The largest absolute Gasteiger partial charge is 0.309 e. The van der Waals surface area contributed by atoms with E-state index in [9.17, 15) is 0 Å². The lowest BCUT2D eigenvalue weighted by molar-refractivity contribution is 0.346. The molecule has 1 fully saturated rings. The second kappa shape index (κ2) is 20.8. The quantitative estimate of drug-likeness (QED) is 0.0957. The molecule has 80 heavy (non-hydrogen) atoms. The van der Waals surface area contributed by atoms with Gasteiger partial charge in [0.1, 0.15) is 0 Å². The Bertz CT molecular complexity index is 4340. The van der Waals surface area contributed by atoms with E-state index >= 15 is 4.57 Å². The summed E-state index contributed by atoms with van der Waals surface area (Å²) in [5.41, 5.74) is 12.2. The van der Waals surface area contributed by atoms with Gasteiger partial charge < -0.3 is 4.57 Å². The maximum absolute atomic E-state index is 15.7. The number of hydrogen-bond donors (Lipinski definition) is 0. The standard InChI is InChI=1S/C75H56N3OP/c79-80(60-29-10-3-11-30-60,61-31-12-4-13-32-61)69-48-47-62(63-33-14-15-34-64(63)69)53-39-43-58(44-40-53)75(49-20-5-21-50-75)59-45-41-55(42-46-59)72-76-73(57-28-22-27-56(51-57)52-23-6-1-7-24-52)78-74(77-72)71-67-37-18-16-35-65(67)70(54-25-8-2-9-26-54)66-36-17-19-38-68(66)71/h1-4,6-19,22-48,51H,5,20-21,49-50H2. The first-order chi connectivity index (χ1) is 39.5. The minimum atomic E-state index is -3.21. The highest BCUT2D eigenvalue weighted by molar-refractivity contribution is 7.85. The summed E-state index contributed by atoms with van der Waals surface area (Å²) in [5.74, 6) is 1.89. The lowest BCUT2D eigenvalue weighted by Crippen LogP contribution is -2.30. The molecular weight excluding hydrogens is 990 g/mol. The van der Waals surface area contributed by atoms with E-state index < -0.39 is 7.14 Å². The van der Waals surface area contributed by atoms with Gasteiger partial charge in [-0.3, -0.25) is 0 Å². The molecule has 0 bridgehead atoms. The Balaban J connectivity index is 0.867. The number of fused-ring (bicyclic) bond motifs is 3. The highest BCUT2D eigenvalue weighted by Gasteiger charge is 2.36. The Kier molecular flexibility index (Phi) is 12.7. The molecule has 1 aliphatic carbocycles. The van der Waals surface area contributed by atoms with Crippen molar-refractivity contribution in [3.63, 3.8) is 0 Å². The molecule has 0 saturated heterocycles. The smallest absolute Gasteiger partial charge is 0.171 e. The van der Waals surface area contributed by atoms with E-state index in [0.717, 1.165) is 113 Å². The molecule has 0 amide bonds. The van der Waals surface area contributed by atoms with E-state index in [2.05, 4.69) is 218 Å². The Morgan fingerprint density at radius 2 is 0.725 bits per heavy atom. The van der Waals surface area contributed by atoms with E-state index in [-0.39, 0.29) is 5.41 Å². The third-order valence-corrected chi connectivity index (χ3v) is 19.8. The van der Waals surface area contributed by atoms with Gasteiger partial charge in [0.15, 0.2) is 24.6 Å². The number of benzene rings is 12. The van der Waals surface area contributed by atoms with Crippen molar-refractivity contribution in [2.24, 2.45) is 0 Å². The monoisotopic (exact) mass is 1050 g/mol. The number of aromatic nitrogens is 3. The van der Waals surface area contributed by atoms with Gasteiger partial charge in [-0.25, -0.2) is 15.0 Å². The Morgan fingerprint density at radius 1 is 0.300 bits per heavy atom. The molecule has 0 radical (unpaired) electrons. The fourth-order valence-electron chi connectivity index (χ4n) is 12.8. The van der Waals surface area contributed by atoms with E-state index in [1.54, 1.807) is 0 Å². The molecule has 14 rings (SSSR count). The van der Waals surface area contributed by atoms with Crippen molar-refractivity contribution < 1.29 is 4.57 Å². The molecule has 382 valence electrons. The van der Waals surface area contributed by atoms with Crippen LogP contribution in [0, 0.1) is 0 Å². The maximum atomic E-state index is 15.7. The summed E-state index contributed by atoms with van der Waals surface area (Å²) in [6.07, 6.45) is 5.67. The normalized spacial score (nSPS) is 13.4. The average Bonchev–Trinajstić information content (AvgIpc) is 3.62. The van der Waals surface area contributed by atoms with E-state index in [0.29, 0.717) is 17.5 Å². The van der Waals surface area contributed by atoms with Crippen LogP contribution >= 0.6 is 7.14 Å². The molecule has 1 saturated carbocycles. The van der Waals surface area contributed by atoms with Crippen molar-refractivity contribution in [1.82, 2.24) is 15.0 Å². The molecule has 0 aliphatic heterocycles. The van der Waals surface area contributed by atoms with E-state index in [1.165, 1.54) is 28.7 Å². The summed E-state index contributed by atoms with van der Waals surface area (Å²) in [7, 11) is -3.21. The maximum Gasteiger partial charge on any atom is 0.171 e. The summed E-state index contributed by atoms with van der Waals surface area (Å²) >= 11 is 0. The second-order valence-corrected chi connectivity index (χ2v) is 23.9. The number of rotatable bonds is 11. The van der Waals surface area contributed by atoms with Gasteiger partial charge >= 0.3 is 0 Å². The Morgan fingerprint density at radius 3 is 1.29 bits per heavy atom. The van der Waals surface area contributed by atoms with Crippen LogP contribution in [0.5, 0.6) is 0 Å². The molecule has 5 heteroatoms. The van der Waals surface area contributed by atoms with Gasteiger partial charge in [-0.2, -0.15) is 0 Å². The second-order valence-electron chi connectivity index (χ2n) is 21.2. The van der Waals surface area contributed by atoms with Crippen molar-refractivity contribution in [3.05, 3.63) is 290 Å². The third kappa shape index (κ3) is 8.65. The summed E-state index contributed by atoms with van der Waals surface area (Å²) < 4.78 is 15.7. The highest BCUT2D eigenvalue weighted by Crippen LogP contribution is 2.49. The van der Waals surface area contributed by atoms with Gasteiger partial charge in [-0.05, 0) is 102 Å². The van der Waals surface area contributed by atoms with Crippen LogP contribution in [0.15, 0.2) is 279 Å². The van der Waals surface area contributed by atoms with Crippen molar-refractivity contribution >= 4 is 55.4 Å². The Hall–Kier alpha value is -9.34. The SMILES string of the molecule is O=P(c1ccccc1)(c1ccccc1)c1ccc(-c2ccc(C3(c4ccc(-c5nc(-c6cccc(-c7ccccc7)c6)nc(-c6c7ccccc7c(-c7ccccc7)c7ccccc67)n5)cc4)CCCCC3)cc2)c2ccccc12. The van der Waals surface area contributed by atoms with Crippen LogP contribution in [0.3, 0.4) is 0 Å². The molecule has 0 unspecified atom stereocenters. The third-order valence-electron chi connectivity index (χ3n) is 16.7. The van der Waals surface area contributed by atoms with Gasteiger partial charge in [0, 0.05) is 38.0 Å². The van der Waals surface area contributed by atoms with Gasteiger partial charge in [0.25, 0.3) is 0 Å². The average molecular weight is 1050 g/mol. The molecule has 1 aliphatic rings. The van der Waals surface area contributed by atoms with Crippen molar-refractivity contribution in [3.8, 4) is 67.5 Å². The minimum Gasteiger partial charge on any atom is -0.309 e. The zero-order valence-electron chi connectivity index (χ0n) is 44.3. The molecule has 0 atom stereocenters. The topological polar surface area (TPSA) is 55.7 Å². The van der Waals surface area contributed by atoms with Crippen molar-refractivity contribution in [1.29, 1.82) is 0 Å². The van der Waals surface area contributed by atoms with Crippen LogP contribution in [-0.4, -0.2) is 15.0 Å². The summed E-state index contributed by atoms with van der Waals surface area (Å²) in [6, 6.07) is 98.3. The first-order valence-electron chi connectivity index (χ1n) is 27.9. The molecule has 0 spiro atoms. The zero-order valence-corrected chi connectivity index (χ0v) is 45.2. The molecule has 13 aromatic rings. The fraction of sp³-hybridized carbons (Fsp3) is 0.0800. The summed E-state index contributed by atoms with van der Waals surface area (Å²) in [4.78, 5) is 16.3. The lowest BCUT2D eigenvalue weighted by Gasteiger charge is -2.39. The predicted molar refractivity (Wildman–Crippen MR) is 335 cm³/mol. The van der Waals surface area contributed by atoms with Crippen LogP contribution in [0.4, 0.5) is 0 Å². The first-order valence-corrected chi connectivity index (χ1v) is 29.6. The van der Waals surface area contributed by atoms with Gasteiger partial charge in [-0.15, -0.1) is 0 Å². The van der Waals surface area contributed by atoms with E-state index in [1.807, 2.05) is 60.7 Å². The highest BCUT2D eigenvalue weighted by atomic mass is 31.2. The summed E-state index contributed by atoms with van der Waals surface area (Å²) in [5, 5.41) is 9.11. The van der Waals surface area contributed by atoms with Crippen LogP contribution < -0.4 is 15.9 Å². The Labute approximate surface area is 467 Å². The zero-order chi connectivity index (χ0) is 53.5.